The van der Waals surface area contributed by atoms with E-state index in [-0.39, 0.29) is 11.4 Å². The molecule has 0 aliphatic rings. The molecule has 1 amide bonds. The molecule has 0 aliphatic carbocycles. The highest BCUT2D eigenvalue weighted by Gasteiger charge is 2.18. The lowest BCUT2D eigenvalue weighted by Crippen LogP contribution is -2.28. The number of nitrogens with one attached hydrogen (secondary N) is 2. The molecule has 0 spiro atoms. The third kappa shape index (κ3) is 3.92. The van der Waals surface area contributed by atoms with Gasteiger partial charge in [-0.15, -0.1) is 0 Å². The van der Waals surface area contributed by atoms with E-state index in [0.717, 1.165) is 0 Å². The molecule has 0 fully saturated rings. The smallest absolute Gasteiger partial charge is 0.413 e. The van der Waals surface area contributed by atoms with Crippen LogP contribution in [0.5, 0.6) is 0 Å². The van der Waals surface area contributed by atoms with Crippen LogP contribution in [0.25, 0.3) is 0 Å². The second-order valence-corrected chi connectivity index (χ2v) is 4.48. The molecule has 0 aliphatic heterocycles. The fraction of sp³-hybridized carbons (Fsp3) is 0.364. The number of anilines is 2. The van der Waals surface area contributed by atoms with Crippen LogP contribution in [0, 0.1) is 11.3 Å². The van der Waals surface area contributed by atoms with Crippen LogP contribution in [0.4, 0.5) is 16.4 Å². The maximum atomic E-state index is 11.6. The molecule has 18 heavy (non-hydrogen) atoms. The summed E-state index contributed by atoms with van der Waals surface area (Å²) in [5.41, 5.74) is 1.93. The van der Waals surface area contributed by atoms with Crippen LogP contribution in [0.2, 0.25) is 0 Å². The Hall–Kier alpha value is -2.33. The summed E-state index contributed by atoms with van der Waals surface area (Å²) in [5.74, 6) is 5.64. The second-order valence-electron chi connectivity index (χ2n) is 4.48. The van der Waals surface area contributed by atoms with E-state index >= 15 is 0 Å². The van der Waals surface area contributed by atoms with Crippen LogP contribution in [0.15, 0.2) is 12.1 Å². The summed E-state index contributed by atoms with van der Waals surface area (Å²) in [7, 11) is 0. The number of pyridine rings is 1. The summed E-state index contributed by atoms with van der Waals surface area (Å²) in [5, 5.41) is 11.3. The Bertz CT molecular complexity index is 487. The van der Waals surface area contributed by atoms with E-state index in [4.69, 9.17) is 15.8 Å². The van der Waals surface area contributed by atoms with Gasteiger partial charge in [-0.2, -0.15) is 5.26 Å². The fourth-order valence-electron chi connectivity index (χ4n) is 1.13. The van der Waals surface area contributed by atoms with Crippen molar-refractivity contribution in [1.82, 2.24) is 4.98 Å². The van der Waals surface area contributed by atoms with E-state index in [0.29, 0.717) is 5.82 Å². The molecule has 0 saturated carbocycles. The zero-order valence-electron chi connectivity index (χ0n) is 10.4. The Kier molecular flexibility index (Phi) is 4.07. The standard InChI is InChI=1S/C11H15N5O2/c1-11(2,3)18-10(17)15-9-7(6-12)4-5-8(14-9)16-13/h4-5H,13H2,1-3H3,(H2,14,15,16,17). The molecule has 96 valence electrons. The van der Waals surface area contributed by atoms with Crippen LogP contribution in [-0.2, 0) is 4.74 Å². The molecule has 1 aromatic heterocycles. The molecule has 7 nitrogen and oxygen atoms in total. The highest BCUT2D eigenvalue weighted by molar-refractivity contribution is 5.85. The quantitative estimate of drug-likeness (QED) is 0.541. The number of nitrogens with two attached hydrogens (primary N) is 1. The van der Waals surface area contributed by atoms with Crippen LogP contribution in [-0.4, -0.2) is 16.7 Å². The van der Waals surface area contributed by atoms with E-state index in [2.05, 4.69) is 15.7 Å². The van der Waals surface area contributed by atoms with E-state index in [1.807, 2.05) is 6.07 Å². The van der Waals surface area contributed by atoms with Crippen molar-refractivity contribution in [3.63, 3.8) is 0 Å². The molecule has 1 heterocycles. The van der Waals surface area contributed by atoms with Gasteiger partial charge in [-0.1, -0.05) is 0 Å². The summed E-state index contributed by atoms with van der Waals surface area (Å²) in [6.07, 6.45) is -0.680. The van der Waals surface area contributed by atoms with Crippen molar-refractivity contribution in [3.8, 4) is 6.07 Å². The molecular formula is C11H15N5O2. The number of hydrogen-bond acceptors (Lipinski definition) is 6. The zero-order valence-corrected chi connectivity index (χ0v) is 10.4. The maximum absolute atomic E-state index is 11.6. The molecule has 0 saturated heterocycles. The number of hydrogen-bond donors (Lipinski definition) is 3. The predicted molar refractivity (Wildman–Crippen MR) is 66.6 cm³/mol. The van der Waals surface area contributed by atoms with Crippen LogP contribution >= 0.6 is 0 Å². The van der Waals surface area contributed by atoms with Gasteiger partial charge in [0.15, 0.2) is 5.82 Å². The van der Waals surface area contributed by atoms with E-state index < -0.39 is 11.7 Å². The molecule has 0 bridgehead atoms. The largest absolute Gasteiger partial charge is 0.444 e. The minimum absolute atomic E-state index is 0.0993. The topological polar surface area (TPSA) is 113 Å². The lowest BCUT2D eigenvalue weighted by Gasteiger charge is -2.19. The summed E-state index contributed by atoms with van der Waals surface area (Å²) in [6, 6.07) is 4.94. The number of nitrogens with zero attached hydrogens (tertiary/aromatic N) is 2. The van der Waals surface area contributed by atoms with Gasteiger partial charge in [-0.3, -0.25) is 5.32 Å². The van der Waals surface area contributed by atoms with Crippen molar-refractivity contribution in [2.45, 2.75) is 26.4 Å². The van der Waals surface area contributed by atoms with Crippen LogP contribution in [0.1, 0.15) is 26.3 Å². The third-order valence-electron chi connectivity index (χ3n) is 1.78. The first kappa shape index (κ1) is 13.7. The number of carbonyl (C=O) groups excluding carboxylic acids is 1. The van der Waals surface area contributed by atoms with Gasteiger partial charge >= 0.3 is 6.09 Å². The maximum Gasteiger partial charge on any atom is 0.413 e. The summed E-state index contributed by atoms with van der Waals surface area (Å²) < 4.78 is 5.06. The Morgan fingerprint density at radius 2 is 2.17 bits per heavy atom. The second kappa shape index (κ2) is 5.33. The van der Waals surface area contributed by atoms with Crippen molar-refractivity contribution < 1.29 is 9.53 Å². The molecule has 1 rings (SSSR count). The predicted octanol–water partition coefficient (Wildman–Crippen LogP) is 1.59. The Balaban J connectivity index is 2.89. The number of nitriles is 1. The molecule has 0 unspecified atom stereocenters. The van der Waals surface area contributed by atoms with E-state index in [9.17, 15) is 4.79 Å². The minimum atomic E-state index is -0.680. The molecule has 0 aromatic carbocycles. The Morgan fingerprint density at radius 1 is 1.50 bits per heavy atom. The molecule has 0 atom stereocenters. The molecule has 7 heteroatoms. The molecule has 4 N–H and O–H groups in total. The summed E-state index contributed by atoms with van der Waals surface area (Å²) >= 11 is 0. The fourth-order valence-corrected chi connectivity index (χ4v) is 1.13. The average Bonchev–Trinajstić information content (AvgIpc) is 2.26. The van der Waals surface area contributed by atoms with Gasteiger partial charge in [0.2, 0.25) is 0 Å². The number of nitrogen functional groups attached to an aromatic ring is 1. The van der Waals surface area contributed by atoms with Gasteiger partial charge in [-0.25, -0.2) is 15.6 Å². The molecular weight excluding hydrogens is 234 g/mol. The minimum Gasteiger partial charge on any atom is -0.444 e. The first-order chi connectivity index (χ1) is 8.35. The van der Waals surface area contributed by atoms with E-state index in [1.165, 1.54) is 12.1 Å². The Morgan fingerprint density at radius 3 is 2.67 bits per heavy atom. The van der Waals surface area contributed by atoms with Gasteiger partial charge in [0, 0.05) is 0 Å². The highest BCUT2D eigenvalue weighted by atomic mass is 16.6. The first-order valence-corrected chi connectivity index (χ1v) is 5.23. The van der Waals surface area contributed by atoms with Crippen LogP contribution in [0.3, 0.4) is 0 Å². The summed E-state index contributed by atoms with van der Waals surface area (Å²) in [6.45, 7) is 5.22. The SMILES string of the molecule is CC(C)(C)OC(=O)Nc1nc(NN)ccc1C#N. The number of rotatable bonds is 2. The van der Waals surface area contributed by atoms with Gasteiger partial charge in [0.25, 0.3) is 0 Å². The Labute approximate surface area is 105 Å². The monoisotopic (exact) mass is 249 g/mol. The van der Waals surface area contributed by atoms with Gasteiger partial charge < -0.3 is 10.2 Å². The number of carbonyl (C=O) groups is 1. The van der Waals surface area contributed by atoms with Crippen LogP contribution < -0.4 is 16.6 Å². The van der Waals surface area contributed by atoms with Crippen molar-refractivity contribution in [2.75, 3.05) is 10.7 Å². The molecule has 0 radical (unpaired) electrons. The lowest BCUT2D eigenvalue weighted by molar-refractivity contribution is 0.0635. The number of hydrazine groups is 1. The first-order valence-electron chi connectivity index (χ1n) is 5.23. The average molecular weight is 249 g/mol. The lowest BCUT2D eigenvalue weighted by atomic mass is 10.2. The highest BCUT2D eigenvalue weighted by Crippen LogP contribution is 2.16. The van der Waals surface area contributed by atoms with Crippen molar-refractivity contribution >= 4 is 17.7 Å². The summed E-state index contributed by atoms with van der Waals surface area (Å²) in [4.78, 5) is 15.5. The van der Waals surface area contributed by atoms with Crippen molar-refractivity contribution in [2.24, 2.45) is 5.84 Å². The van der Waals surface area contributed by atoms with Gasteiger partial charge in [0.1, 0.15) is 17.5 Å². The van der Waals surface area contributed by atoms with E-state index in [1.54, 1.807) is 20.8 Å². The van der Waals surface area contributed by atoms with Crippen molar-refractivity contribution in [1.29, 1.82) is 5.26 Å². The van der Waals surface area contributed by atoms with Crippen molar-refractivity contribution in [3.05, 3.63) is 17.7 Å². The number of aromatic nitrogens is 1. The zero-order chi connectivity index (χ0) is 13.8. The number of ether oxygens (including phenoxy) is 1. The van der Waals surface area contributed by atoms with Gasteiger partial charge in [0.05, 0.1) is 5.56 Å². The normalized spacial score (nSPS) is 10.4. The molecule has 1 aromatic rings. The van der Waals surface area contributed by atoms with Gasteiger partial charge in [-0.05, 0) is 32.9 Å². The number of amides is 1. The third-order valence-corrected chi connectivity index (χ3v) is 1.78.